The van der Waals surface area contributed by atoms with Crippen molar-refractivity contribution in [2.45, 2.75) is 38.9 Å². The van der Waals surface area contributed by atoms with Crippen molar-refractivity contribution in [3.8, 4) is 11.5 Å². The normalized spacial score (nSPS) is 10.3. The molecule has 0 spiro atoms. The molecule has 30 heavy (non-hydrogen) atoms. The smallest absolute Gasteiger partial charge is 0.870 e. The van der Waals surface area contributed by atoms with Gasteiger partial charge in [0.25, 0.3) is 0 Å². The second kappa shape index (κ2) is 12.7. The maximum Gasteiger partial charge on any atom is 3.00 e. The Hall–Kier alpha value is -1.95. The van der Waals surface area contributed by atoms with E-state index in [1.54, 1.807) is 48.5 Å². The van der Waals surface area contributed by atoms with Crippen molar-refractivity contribution in [1.82, 2.24) is 0 Å². The average molecular weight is 471 g/mol. The van der Waals surface area contributed by atoms with Gasteiger partial charge in [-0.25, -0.2) is 0 Å². The van der Waals surface area contributed by atoms with Gasteiger partial charge in [0.05, 0.1) is 11.9 Å². The van der Waals surface area contributed by atoms with Crippen molar-refractivity contribution in [3.63, 3.8) is 0 Å². The molecule has 2 rings (SSSR count). The summed E-state index contributed by atoms with van der Waals surface area (Å²) in [7, 11) is 0. The number of aliphatic carboxylic acids is 2. The van der Waals surface area contributed by atoms with Crippen LogP contribution in [-0.2, 0) is 9.59 Å². The van der Waals surface area contributed by atoms with Gasteiger partial charge in [0.15, 0.2) is 0 Å². The molecular weight excluding hydrogens is 450 g/mol. The molecule has 0 bridgehead atoms. The standard InChI is InChI=1S/2C10H11ClO3.Al.H2O/c2*1-10(2,9(12)13)14-8-5-3-7(11)4-6-8;;/h2*3-6H,1-2H3,(H,12,13);;1H2/q;;+3;/p-3. The summed E-state index contributed by atoms with van der Waals surface area (Å²) in [6, 6.07) is 12.9. The topological polar surface area (TPSA) is 129 Å². The molecule has 2 aromatic carbocycles. The van der Waals surface area contributed by atoms with Crippen LogP contribution in [0.5, 0.6) is 11.5 Å². The maximum atomic E-state index is 10.6. The third kappa shape index (κ3) is 10.2. The summed E-state index contributed by atoms with van der Waals surface area (Å²) < 4.78 is 10.4. The fourth-order valence-corrected chi connectivity index (χ4v) is 1.93. The van der Waals surface area contributed by atoms with Crippen LogP contribution in [0, 0.1) is 0 Å². The van der Waals surface area contributed by atoms with Crippen molar-refractivity contribution >= 4 is 52.5 Å². The summed E-state index contributed by atoms with van der Waals surface area (Å²) in [6.07, 6.45) is 0. The molecule has 0 aromatic heterocycles. The third-order valence-electron chi connectivity index (χ3n) is 3.36. The second-order valence-corrected chi connectivity index (χ2v) is 7.58. The van der Waals surface area contributed by atoms with E-state index in [9.17, 15) is 19.8 Å². The predicted octanol–water partition coefficient (Wildman–Crippen LogP) is 1.94. The summed E-state index contributed by atoms with van der Waals surface area (Å²) >= 11 is 11.3. The first-order valence-corrected chi connectivity index (χ1v) is 8.91. The quantitative estimate of drug-likeness (QED) is 0.589. The van der Waals surface area contributed by atoms with E-state index in [2.05, 4.69) is 0 Å². The Kier molecular flexibility index (Phi) is 12.8. The second-order valence-electron chi connectivity index (χ2n) is 6.71. The Balaban J connectivity index is 0. The Bertz CT molecular complexity index is 737. The number of benzene rings is 2. The molecule has 0 aliphatic rings. The van der Waals surface area contributed by atoms with Crippen LogP contribution in [-0.4, -0.2) is 46.0 Å². The monoisotopic (exact) mass is 470 g/mol. The van der Waals surface area contributed by atoms with E-state index in [1.807, 2.05) is 0 Å². The number of hydrogen-bond acceptors (Lipinski definition) is 7. The van der Waals surface area contributed by atoms with Gasteiger partial charge in [0.1, 0.15) is 22.7 Å². The zero-order valence-corrected chi connectivity index (χ0v) is 19.5. The average Bonchev–Trinajstić information content (AvgIpc) is 2.59. The van der Waals surface area contributed by atoms with Gasteiger partial charge >= 0.3 is 17.4 Å². The van der Waals surface area contributed by atoms with Crippen LogP contribution >= 0.6 is 23.2 Å². The molecule has 2 aromatic rings. The van der Waals surface area contributed by atoms with E-state index in [-0.39, 0.29) is 22.8 Å². The van der Waals surface area contributed by atoms with Crippen molar-refractivity contribution in [1.29, 1.82) is 0 Å². The van der Waals surface area contributed by atoms with E-state index < -0.39 is 23.1 Å². The first-order chi connectivity index (χ1) is 12.8. The number of hydrogen-bond donors (Lipinski definition) is 0. The first-order valence-electron chi connectivity index (χ1n) is 8.15. The number of rotatable bonds is 6. The van der Waals surface area contributed by atoms with Crippen molar-refractivity contribution in [2.24, 2.45) is 0 Å². The fourth-order valence-electron chi connectivity index (χ4n) is 1.68. The molecule has 1 N–H and O–H groups in total. The van der Waals surface area contributed by atoms with Crippen LogP contribution in [0.2, 0.25) is 10.0 Å². The predicted molar refractivity (Wildman–Crippen MR) is 110 cm³/mol. The van der Waals surface area contributed by atoms with E-state index in [1.165, 1.54) is 27.7 Å². The molecule has 0 saturated heterocycles. The summed E-state index contributed by atoms with van der Waals surface area (Å²) in [6.45, 7) is 5.71. The number of halogens is 2. The minimum atomic E-state index is -1.34. The SMILES string of the molecule is CC(C)(Oc1ccc(Cl)cc1)C(=O)[O-].CC(C)(Oc1ccc(Cl)cc1)C(=O)[O-].[Al+3].[OH-]. The Morgan fingerprint density at radius 2 is 0.933 bits per heavy atom. The molecule has 160 valence electrons. The van der Waals surface area contributed by atoms with Crippen LogP contribution < -0.4 is 19.7 Å². The molecule has 0 aliphatic carbocycles. The van der Waals surface area contributed by atoms with Gasteiger partial charge in [-0.15, -0.1) is 0 Å². The van der Waals surface area contributed by atoms with Crippen molar-refractivity contribution in [3.05, 3.63) is 58.6 Å². The summed E-state index contributed by atoms with van der Waals surface area (Å²) in [5.74, 6) is -1.62. The molecule has 7 nitrogen and oxygen atoms in total. The van der Waals surface area contributed by atoms with Gasteiger partial charge in [-0.3, -0.25) is 0 Å². The molecule has 0 unspecified atom stereocenters. The number of carbonyl (C=O) groups excluding carboxylic acids is 2. The van der Waals surface area contributed by atoms with Gasteiger partial charge in [-0.05, 0) is 76.2 Å². The summed E-state index contributed by atoms with van der Waals surface area (Å²) in [5, 5.41) is 22.4. The Morgan fingerprint density at radius 1 is 0.700 bits per heavy atom. The van der Waals surface area contributed by atoms with Crippen LogP contribution in [0.25, 0.3) is 0 Å². The van der Waals surface area contributed by atoms with E-state index >= 15 is 0 Å². The molecule has 0 fully saturated rings. The summed E-state index contributed by atoms with van der Waals surface area (Å²) in [5.41, 5.74) is -2.68. The molecule has 0 amide bonds. The van der Waals surface area contributed by atoms with Gasteiger partial charge in [0.2, 0.25) is 0 Å². The van der Waals surface area contributed by atoms with E-state index in [4.69, 9.17) is 32.7 Å². The first kappa shape index (κ1) is 30.2. The molecule has 0 heterocycles. The van der Waals surface area contributed by atoms with Crippen LogP contribution in [0.15, 0.2) is 48.5 Å². The van der Waals surface area contributed by atoms with Crippen molar-refractivity contribution < 1.29 is 34.8 Å². The molecule has 0 aliphatic heterocycles. The molecule has 10 heteroatoms. The number of carboxylic acids is 2. The fraction of sp³-hybridized carbons (Fsp3) is 0.300. The van der Waals surface area contributed by atoms with Crippen LogP contribution in [0.1, 0.15) is 27.7 Å². The van der Waals surface area contributed by atoms with Crippen molar-refractivity contribution in [2.75, 3.05) is 0 Å². The van der Waals surface area contributed by atoms with Gasteiger partial charge in [0, 0.05) is 10.0 Å². The molecule has 0 radical (unpaired) electrons. The third-order valence-corrected chi connectivity index (χ3v) is 3.86. The minimum absolute atomic E-state index is 0. The Morgan fingerprint density at radius 3 is 1.13 bits per heavy atom. The number of ether oxygens (including phenoxy) is 2. The molecule has 0 saturated carbocycles. The van der Waals surface area contributed by atoms with E-state index in [0.29, 0.717) is 21.5 Å². The minimum Gasteiger partial charge on any atom is -0.870 e. The molecular formula is C20H21AlCl2O7. The van der Waals surface area contributed by atoms with Gasteiger partial charge in [-0.2, -0.15) is 0 Å². The summed E-state index contributed by atoms with van der Waals surface area (Å²) in [4.78, 5) is 21.3. The van der Waals surface area contributed by atoms with Crippen LogP contribution in [0.4, 0.5) is 0 Å². The number of carboxylic acid groups (broad SMARTS) is 2. The maximum absolute atomic E-state index is 10.6. The van der Waals surface area contributed by atoms with Crippen LogP contribution in [0.3, 0.4) is 0 Å². The van der Waals surface area contributed by atoms with Gasteiger partial charge < -0.3 is 34.8 Å². The largest absolute Gasteiger partial charge is 3.00 e. The number of carbonyl (C=O) groups is 2. The zero-order valence-electron chi connectivity index (χ0n) is 16.8. The van der Waals surface area contributed by atoms with Gasteiger partial charge in [-0.1, -0.05) is 23.2 Å². The van der Waals surface area contributed by atoms with E-state index in [0.717, 1.165) is 0 Å². The zero-order chi connectivity index (χ0) is 21.5. The molecule has 0 atom stereocenters. The Labute approximate surface area is 196 Å².